The van der Waals surface area contributed by atoms with Crippen LogP contribution in [0.5, 0.6) is 11.5 Å². The summed E-state index contributed by atoms with van der Waals surface area (Å²) in [6.45, 7) is 9.98. The number of nitrogens with zero attached hydrogens (tertiary/aromatic N) is 3. The molecule has 1 amide bonds. The Hall–Kier alpha value is -3.98. The van der Waals surface area contributed by atoms with Gasteiger partial charge in [0.1, 0.15) is 5.82 Å². The first-order chi connectivity index (χ1) is 18.6. The number of para-hydroxylation sites is 1. The lowest BCUT2D eigenvalue weighted by molar-refractivity contribution is -0.118. The van der Waals surface area contributed by atoms with Gasteiger partial charge in [0.2, 0.25) is 0 Å². The Morgan fingerprint density at radius 2 is 1.85 bits per heavy atom. The molecule has 4 rings (SSSR count). The Kier molecular flexibility index (Phi) is 8.50. The fourth-order valence-electron chi connectivity index (χ4n) is 3.90. The van der Waals surface area contributed by atoms with Crippen LogP contribution in [0.4, 0.5) is 5.69 Å². The highest BCUT2D eigenvalue weighted by molar-refractivity contribution is 9.10. The van der Waals surface area contributed by atoms with Gasteiger partial charge in [0.05, 0.1) is 23.7 Å². The Morgan fingerprint density at radius 1 is 1.08 bits per heavy atom. The van der Waals surface area contributed by atoms with E-state index < -0.39 is 5.41 Å². The Bertz CT molecular complexity index is 1610. The van der Waals surface area contributed by atoms with Crippen molar-refractivity contribution in [2.45, 2.75) is 40.0 Å². The molecule has 8 nitrogen and oxygen atoms in total. The number of benzene rings is 3. The molecule has 202 valence electrons. The molecule has 1 heterocycles. The minimum absolute atomic E-state index is 0.176. The summed E-state index contributed by atoms with van der Waals surface area (Å²) in [7, 11) is 0. The molecule has 0 aliphatic carbocycles. The first-order valence-corrected chi connectivity index (χ1v) is 13.4. The van der Waals surface area contributed by atoms with Crippen molar-refractivity contribution in [3.63, 3.8) is 0 Å². The molecule has 0 atom stereocenters. The highest BCUT2D eigenvalue weighted by Gasteiger charge is 2.23. The van der Waals surface area contributed by atoms with Crippen molar-refractivity contribution in [2.24, 2.45) is 5.10 Å². The van der Waals surface area contributed by atoms with Crippen molar-refractivity contribution in [1.29, 1.82) is 0 Å². The average molecular weight is 592 g/mol. The number of aryl methyl sites for hydroxylation is 1. The quantitative estimate of drug-likeness (QED) is 0.251. The summed E-state index contributed by atoms with van der Waals surface area (Å²) >= 11 is 3.43. The van der Waals surface area contributed by atoms with E-state index in [0.29, 0.717) is 40.4 Å². The van der Waals surface area contributed by atoms with Crippen LogP contribution >= 0.6 is 15.9 Å². The first kappa shape index (κ1) is 28.0. The number of hydrogen-bond donors (Lipinski definition) is 1. The standard InChI is InChI=1S/C30H31BrN4O4/c1-6-38-26-15-20(11-14-25(26)39-18-27(36)33-23-10-8-7-9-19(23)2)17-32-35-28(37)22-16-21(31)12-13-24(22)34-29(35)30(3,4)5/h7-17H,6,18H2,1-5H3,(H,33,36). The summed E-state index contributed by atoms with van der Waals surface area (Å²) in [5, 5.41) is 7.85. The number of anilines is 1. The molecule has 0 radical (unpaired) electrons. The Labute approximate surface area is 235 Å². The van der Waals surface area contributed by atoms with Gasteiger partial charge < -0.3 is 14.8 Å². The molecule has 39 heavy (non-hydrogen) atoms. The third-order valence-electron chi connectivity index (χ3n) is 5.85. The van der Waals surface area contributed by atoms with E-state index in [1.54, 1.807) is 30.5 Å². The fourth-order valence-corrected chi connectivity index (χ4v) is 4.26. The lowest BCUT2D eigenvalue weighted by Gasteiger charge is -2.21. The molecule has 4 aromatic rings. The van der Waals surface area contributed by atoms with Gasteiger partial charge in [0.15, 0.2) is 18.1 Å². The maximum atomic E-state index is 13.4. The van der Waals surface area contributed by atoms with Crippen molar-refractivity contribution in [3.8, 4) is 11.5 Å². The maximum absolute atomic E-state index is 13.4. The van der Waals surface area contributed by atoms with Gasteiger partial charge in [-0.1, -0.05) is 54.9 Å². The lowest BCUT2D eigenvalue weighted by atomic mass is 9.95. The number of rotatable bonds is 8. The topological polar surface area (TPSA) is 94.8 Å². The number of fused-ring (bicyclic) bond motifs is 1. The number of carbonyl (C=O) groups is 1. The minimum atomic E-state index is -0.426. The Morgan fingerprint density at radius 3 is 2.56 bits per heavy atom. The minimum Gasteiger partial charge on any atom is -0.490 e. The molecule has 0 bridgehead atoms. The number of carbonyl (C=O) groups excluding carboxylic acids is 1. The van der Waals surface area contributed by atoms with E-state index in [-0.39, 0.29) is 18.1 Å². The molecule has 0 spiro atoms. The zero-order valence-corrected chi connectivity index (χ0v) is 24.2. The molecule has 0 saturated heterocycles. The van der Waals surface area contributed by atoms with E-state index >= 15 is 0 Å². The Balaban J connectivity index is 1.60. The van der Waals surface area contributed by atoms with Crippen molar-refractivity contribution in [1.82, 2.24) is 9.66 Å². The van der Waals surface area contributed by atoms with Gasteiger partial charge >= 0.3 is 0 Å². The zero-order valence-electron chi connectivity index (χ0n) is 22.6. The van der Waals surface area contributed by atoms with Crippen molar-refractivity contribution in [2.75, 3.05) is 18.5 Å². The molecule has 0 unspecified atom stereocenters. The predicted molar refractivity (Wildman–Crippen MR) is 158 cm³/mol. The van der Waals surface area contributed by atoms with Gasteiger partial charge in [-0.3, -0.25) is 9.59 Å². The normalized spacial score (nSPS) is 11.6. The highest BCUT2D eigenvalue weighted by atomic mass is 79.9. The number of amides is 1. The molecule has 0 fully saturated rings. The van der Waals surface area contributed by atoms with Crippen LogP contribution < -0.4 is 20.3 Å². The van der Waals surface area contributed by atoms with Crippen molar-refractivity contribution >= 4 is 44.6 Å². The van der Waals surface area contributed by atoms with E-state index in [0.717, 1.165) is 15.7 Å². The molecule has 0 aliphatic rings. The summed E-state index contributed by atoms with van der Waals surface area (Å²) in [5.41, 5.74) is 2.33. The van der Waals surface area contributed by atoms with Crippen LogP contribution in [0.3, 0.4) is 0 Å². The SMILES string of the molecule is CCOc1cc(C=Nn2c(C(C)(C)C)nc3ccc(Br)cc3c2=O)ccc1OCC(=O)Nc1ccccc1C. The summed E-state index contributed by atoms with van der Waals surface area (Å²) in [6.07, 6.45) is 1.58. The number of ether oxygens (including phenoxy) is 2. The molecule has 0 aliphatic heterocycles. The lowest BCUT2D eigenvalue weighted by Crippen LogP contribution is -2.29. The second-order valence-corrected chi connectivity index (χ2v) is 10.9. The predicted octanol–water partition coefficient (Wildman–Crippen LogP) is 6.06. The molecule has 1 aromatic heterocycles. The molecular weight excluding hydrogens is 560 g/mol. The summed E-state index contributed by atoms with van der Waals surface area (Å²) in [5.74, 6) is 1.16. The fraction of sp³-hybridized carbons (Fsp3) is 0.267. The summed E-state index contributed by atoms with van der Waals surface area (Å²) in [6, 6.07) is 18.2. The van der Waals surface area contributed by atoms with Crippen LogP contribution in [0.25, 0.3) is 10.9 Å². The molecular formula is C30H31BrN4O4. The highest BCUT2D eigenvalue weighted by Crippen LogP contribution is 2.28. The van der Waals surface area contributed by atoms with Gasteiger partial charge in [0, 0.05) is 15.6 Å². The second kappa shape index (κ2) is 11.8. The van der Waals surface area contributed by atoms with Crippen molar-refractivity contribution in [3.05, 3.63) is 92.4 Å². The van der Waals surface area contributed by atoms with Crippen LogP contribution in [0.2, 0.25) is 0 Å². The third kappa shape index (κ3) is 6.72. The van der Waals surface area contributed by atoms with Gasteiger partial charge in [-0.2, -0.15) is 9.78 Å². The van der Waals surface area contributed by atoms with Crippen LogP contribution in [0.15, 0.2) is 75.0 Å². The van der Waals surface area contributed by atoms with Crippen LogP contribution in [0.1, 0.15) is 44.6 Å². The molecule has 9 heteroatoms. The summed E-state index contributed by atoms with van der Waals surface area (Å²) < 4.78 is 13.7. The second-order valence-electron chi connectivity index (χ2n) is 10.00. The number of aromatic nitrogens is 2. The average Bonchev–Trinajstić information content (AvgIpc) is 2.89. The first-order valence-electron chi connectivity index (χ1n) is 12.6. The van der Waals surface area contributed by atoms with Crippen LogP contribution in [-0.4, -0.2) is 35.0 Å². The van der Waals surface area contributed by atoms with Gasteiger partial charge in [-0.25, -0.2) is 4.98 Å². The van der Waals surface area contributed by atoms with E-state index in [9.17, 15) is 9.59 Å². The number of halogens is 1. The van der Waals surface area contributed by atoms with E-state index in [1.807, 2.05) is 71.0 Å². The van der Waals surface area contributed by atoms with Gasteiger partial charge in [0.25, 0.3) is 11.5 Å². The number of hydrogen-bond acceptors (Lipinski definition) is 6. The molecule has 1 N–H and O–H groups in total. The number of nitrogens with one attached hydrogen (secondary N) is 1. The van der Waals surface area contributed by atoms with Crippen molar-refractivity contribution < 1.29 is 14.3 Å². The zero-order chi connectivity index (χ0) is 28.2. The monoisotopic (exact) mass is 590 g/mol. The van der Waals surface area contributed by atoms with Crippen LogP contribution in [-0.2, 0) is 10.2 Å². The van der Waals surface area contributed by atoms with E-state index in [1.165, 1.54) is 4.68 Å². The largest absolute Gasteiger partial charge is 0.490 e. The maximum Gasteiger partial charge on any atom is 0.282 e. The smallest absolute Gasteiger partial charge is 0.282 e. The van der Waals surface area contributed by atoms with Gasteiger partial charge in [-0.15, -0.1) is 0 Å². The van der Waals surface area contributed by atoms with Crippen LogP contribution in [0, 0.1) is 6.92 Å². The summed E-state index contributed by atoms with van der Waals surface area (Å²) in [4.78, 5) is 30.6. The van der Waals surface area contributed by atoms with E-state index in [4.69, 9.17) is 14.5 Å². The molecule has 3 aromatic carbocycles. The van der Waals surface area contributed by atoms with Gasteiger partial charge in [-0.05, 0) is 67.4 Å². The molecule has 0 saturated carbocycles. The third-order valence-corrected chi connectivity index (χ3v) is 6.34. The van der Waals surface area contributed by atoms with E-state index in [2.05, 4.69) is 26.3 Å².